The minimum absolute atomic E-state index is 0.0626. The highest BCUT2D eigenvalue weighted by molar-refractivity contribution is 7.92. The predicted octanol–water partition coefficient (Wildman–Crippen LogP) is 3.70. The van der Waals surface area contributed by atoms with Crippen LogP contribution < -0.4 is 19.5 Å². The van der Waals surface area contributed by atoms with Gasteiger partial charge in [0.25, 0.3) is 10.0 Å². The summed E-state index contributed by atoms with van der Waals surface area (Å²) in [6.45, 7) is 5.91. The second-order valence-corrected chi connectivity index (χ2v) is 11.7. The van der Waals surface area contributed by atoms with Crippen LogP contribution in [0.25, 0.3) is 11.0 Å². The van der Waals surface area contributed by atoms with Crippen LogP contribution in [0.5, 0.6) is 11.5 Å². The highest BCUT2D eigenvalue weighted by Gasteiger charge is 2.26. The molecule has 0 aliphatic carbocycles. The summed E-state index contributed by atoms with van der Waals surface area (Å²) >= 11 is 0. The summed E-state index contributed by atoms with van der Waals surface area (Å²) in [7, 11) is -0.290. The molecule has 0 spiro atoms. The molecule has 0 saturated heterocycles. The van der Waals surface area contributed by atoms with Gasteiger partial charge in [0, 0.05) is 18.3 Å². The third-order valence-electron chi connectivity index (χ3n) is 5.79. The number of aromatic nitrogens is 3. The monoisotopic (exact) mass is 601 g/mol. The highest BCUT2D eigenvalue weighted by atomic mass is 32.2. The van der Waals surface area contributed by atoms with E-state index in [9.17, 15) is 18.0 Å². The fraction of sp³-hybridized carbons (Fsp3) is 0.333. The van der Waals surface area contributed by atoms with Gasteiger partial charge in [0.2, 0.25) is 0 Å². The Morgan fingerprint density at radius 2 is 1.76 bits per heavy atom. The largest absolute Gasteiger partial charge is 0.496 e. The molecule has 0 aliphatic rings. The zero-order chi connectivity index (χ0) is 30.7. The third kappa shape index (κ3) is 6.91. The van der Waals surface area contributed by atoms with E-state index in [1.165, 1.54) is 39.5 Å². The zero-order valence-corrected chi connectivity index (χ0v) is 24.7. The minimum Gasteiger partial charge on any atom is -0.496 e. The lowest BCUT2D eigenvalue weighted by Gasteiger charge is -2.19. The van der Waals surface area contributed by atoms with Crippen LogP contribution in [0.4, 0.5) is 10.6 Å². The molecule has 0 saturated carbocycles. The van der Waals surface area contributed by atoms with Crippen molar-refractivity contribution in [1.29, 1.82) is 0 Å². The molecule has 4 aromatic rings. The number of alkyl carbamates (subject to hydrolysis) is 1. The number of benzene rings is 2. The molecule has 15 heteroatoms. The molecule has 0 atom stereocenters. The second-order valence-electron chi connectivity index (χ2n) is 10.1. The summed E-state index contributed by atoms with van der Waals surface area (Å²) in [5.74, 6) is -0.486. The molecule has 1 amide bonds. The van der Waals surface area contributed by atoms with Crippen LogP contribution in [0.3, 0.4) is 0 Å². The first-order valence-electron chi connectivity index (χ1n) is 12.6. The zero-order valence-electron chi connectivity index (χ0n) is 23.9. The quantitative estimate of drug-likeness (QED) is 0.254. The number of anilines is 1. The first-order valence-corrected chi connectivity index (χ1v) is 14.1. The normalized spacial score (nSPS) is 11.7. The number of nitrogens with zero attached hydrogens (tertiary/aromatic N) is 3. The molecule has 2 aromatic carbocycles. The standard InChI is InChI=1S/C27H31N5O9S/c1-27(2,3)40-26(34)28-12-17-13-29-32(15-17)14-16-9-20(38-5)23-21(10-16)41-30-24(23)31-42(35,36)22-8-7-18(25(33)39-6)11-19(22)37-4/h7-11,13,15H,12,14H2,1-6H3,(H,28,34)(H,30,31). The summed E-state index contributed by atoms with van der Waals surface area (Å²) in [6.07, 6.45) is 2.87. The maximum Gasteiger partial charge on any atom is 0.407 e. The van der Waals surface area contributed by atoms with Crippen LogP contribution in [0, 0.1) is 0 Å². The number of methoxy groups -OCH3 is 3. The molecular formula is C27H31N5O9S. The maximum absolute atomic E-state index is 13.3. The van der Waals surface area contributed by atoms with Crippen molar-refractivity contribution in [3.63, 3.8) is 0 Å². The average Bonchev–Trinajstić information content (AvgIpc) is 3.56. The molecule has 0 fully saturated rings. The van der Waals surface area contributed by atoms with Gasteiger partial charge in [-0.15, -0.1) is 0 Å². The molecule has 14 nitrogen and oxygen atoms in total. The molecule has 42 heavy (non-hydrogen) atoms. The topological polar surface area (TPSA) is 173 Å². The number of esters is 1. The summed E-state index contributed by atoms with van der Waals surface area (Å²) in [6, 6.07) is 7.21. The molecule has 224 valence electrons. The van der Waals surface area contributed by atoms with Gasteiger partial charge in [-0.25, -0.2) is 18.0 Å². The lowest BCUT2D eigenvalue weighted by atomic mass is 10.1. The number of rotatable bonds is 10. The van der Waals surface area contributed by atoms with Crippen molar-refractivity contribution < 1.29 is 41.5 Å². The Kier molecular flexibility index (Phi) is 8.61. The Balaban J connectivity index is 1.54. The number of hydrogen-bond donors (Lipinski definition) is 2. The van der Waals surface area contributed by atoms with E-state index in [4.69, 9.17) is 18.7 Å². The maximum atomic E-state index is 13.3. The van der Waals surface area contributed by atoms with Gasteiger partial charge >= 0.3 is 12.1 Å². The number of sulfonamides is 1. The van der Waals surface area contributed by atoms with Gasteiger partial charge < -0.3 is 28.8 Å². The van der Waals surface area contributed by atoms with Gasteiger partial charge in [-0.05, 0) is 56.7 Å². The predicted molar refractivity (Wildman–Crippen MR) is 150 cm³/mol. The van der Waals surface area contributed by atoms with Crippen LogP contribution in [0.2, 0.25) is 0 Å². The first-order chi connectivity index (χ1) is 19.8. The van der Waals surface area contributed by atoms with Crippen LogP contribution >= 0.6 is 0 Å². The van der Waals surface area contributed by atoms with Gasteiger partial charge in [0.05, 0.1) is 39.6 Å². The Hall–Kier alpha value is -4.79. The highest BCUT2D eigenvalue weighted by Crippen LogP contribution is 2.36. The summed E-state index contributed by atoms with van der Waals surface area (Å²) in [5, 5.41) is 11.2. The molecule has 0 bridgehead atoms. The molecule has 0 unspecified atom stereocenters. The Labute approximate surface area is 241 Å². The van der Waals surface area contributed by atoms with E-state index in [0.717, 1.165) is 11.1 Å². The van der Waals surface area contributed by atoms with E-state index < -0.39 is 27.7 Å². The van der Waals surface area contributed by atoms with E-state index in [1.807, 2.05) is 0 Å². The van der Waals surface area contributed by atoms with Crippen LogP contribution in [0.15, 0.2) is 52.1 Å². The molecule has 0 radical (unpaired) electrons. The van der Waals surface area contributed by atoms with Crippen molar-refractivity contribution >= 4 is 38.9 Å². The Morgan fingerprint density at radius 3 is 2.43 bits per heavy atom. The third-order valence-corrected chi connectivity index (χ3v) is 7.17. The number of ether oxygens (including phenoxy) is 4. The van der Waals surface area contributed by atoms with Crippen molar-refractivity contribution in [3.05, 3.63) is 59.4 Å². The fourth-order valence-electron chi connectivity index (χ4n) is 3.99. The molecule has 2 aromatic heterocycles. The number of nitrogens with one attached hydrogen (secondary N) is 2. The summed E-state index contributed by atoms with van der Waals surface area (Å²) in [4.78, 5) is 23.5. The van der Waals surface area contributed by atoms with Crippen molar-refractivity contribution in [3.8, 4) is 11.5 Å². The second kappa shape index (κ2) is 12.0. The number of carbonyl (C=O) groups is 2. The van der Waals surface area contributed by atoms with Crippen molar-refractivity contribution in [2.45, 2.75) is 44.4 Å². The smallest absolute Gasteiger partial charge is 0.407 e. The molecular weight excluding hydrogens is 570 g/mol. The van der Waals surface area contributed by atoms with E-state index in [0.29, 0.717) is 17.7 Å². The summed E-state index contributed by atoms with van der Waals surface area (Å²) < 4.78 is 56.7. The molecule has 4 rings (SSSR count). The fourth-order valence-corrected chi connectivity index (χ4v) is 5.15. The lowest BCUT2D eigenvalue weighted by molar-refractivity contribution is 0.0522. The average molecular weight is 602 g/mol. The van der Waals surface area contributed by atoms with Crippen molar-refractivity contribution in [2.75, 3.05) is 26.1 Å². The van der Waals surface area contributed by atoms with Crippen LogP contribution in [-0.2, 0) is 32.6 Å². The van der Waals surface area contributed by atoms with Gasteiger partial charge in [-0.1, -0.05) is 5.16 Å². The van der Waals surface area contributed by atoms with Gasteiger partial charge in [0.1, 0.15) is 27.4 Å². The van der Waals surface area contributed by atoms with Crippen LogP contribution in [-0.4, -0.2) is 62.3 Å². The Morgan fingerprint density at radius 1 is 1.02 bits per heavy atom. The van der Waals surface area contributed by atoms with E-state index >= 15 is 0 Å². The molecule has 0 aliphatic heterocycles. The molecule has 2 N–H and O–H groups in total. The van der Waals surface area contributed by atoms with E-state index in [-0.39, 0.29) is 34.2 Å². The van der Waals surface area contributed by atoms with Crippen molar-refractivity contribution in [2.24, 2.45) is 0 Å². The van der Waals surface area contributed by atoms with Gasteiger partial charge in [-0.2, -0.15) is 5.10 Å². The van der Waals surface area contributed by atoms with Crippen molar-refractivity contribution in [1.82, 2.24) is 20.3 Å². The number of carbonyl (C=O) groups excluding carboxylic acids is 2. The molecule has 2 heterocycles. The van der Waals surface area contributed by atoms with Gasteiger partial charge in [-0.3, -0.25) is 9.40 Å². The minimum atomic E-state index is -4.23. The van der Waals surface area contributed by atoms with Gasteiger partial charge in [0.15, 0.2) is 11.4 Å². The Bertz CT molecular complexity index is 1720. The number of hydrogen-bond acceptors (Lipinski definition) is 11. The lowest BCUT2D eigenvalue weighted by Crippen LogP contribution is -2.32. The first kappa shape index (κ1) is 30.2. The van der Waals surface area contributed by atoms with E-state index in [2.05, 4.69) is 25.0 Å². The summed E-state index contributed by atoms with van der Waals surface area (Å²) in [5.41, 5.74) is 1.29. The van der Waals surface area contributed by atoms with E-state index in [1.54, 1.807) is 50.0 Å². The SMILES string of the molecule is COC(=O)c1ccc(S(=O)(=O)Nc2noc3cc(Cn4cc(CNC(=O)OC(C)(C)C)cn4)cc(OC)c23)c(OC)c1. The number of amides is 1. The van der Waals surface area contributed by atoms with Crippen LogP contribution in [0.1, 0.15) is 42.3 Å². The number of fused-ring (bicyclic) bond motifs is 1.